The molecule has 0 bridgehead atoms. The topological polar surface area (TPSA) is 52.2 Å². The summed E-state index contributed by atoms with van der Waals surface area (Å²) in [4.78, 5) is 6.65. The minimum absolute atomic E-state index is 0.186. The summed E-state index contributed by atoms with van der Waals surface area (Å²) in [5, 5.41) is 3.14. The largest absolute Gasteiger partial charge is 0.373 e. The van der Waals surface area contributed by atoms with Gasteiger partial charge in [0, 0.05) is 44.4 Å². The van der Waals surface area contributed by atoms with E-state index in [1.54, 1.807) is 6.20 Å². The summed E-state index contributed by atoms with van der Waals surface area (Å²) >= 11 is 0. The molecule has 2 atom stereocenters. The normalized spacial score (nSPS) is 20.5. The maximum absolute atomic E-state index is 13.1. The van der Waals surface area contributed by atoms with Gasteiger partial charge in [-0.25, -0.2) is 14.8 Å². The Labute approximate surface area is 142 Å². The molecule has 2 aromatic rings. The first-order valence-corrected chi connectivity index (χ1v) is 8.21. The maximum atomic E-state index is 13.1. The number of benzene rings is 1. The minimum atomic E-state index is -0.199. The Balaban J connectivity index is 1.64. The molecule has 0 saturated carbocycles. The lowest BCUT2D eigenvalue weighted by Crippen LogP contribution is -2.30. The Morgan fingerprint density at radius 3 is 2.83 bits per heavy atom. The van der Waals surface area contributed by atoms with Crippen molar-refractivity contribution in [1.29, 1.82) is 0 Å². The molecule has 1 aliphatic heterocycles. The molecule has 1 aromatic heterocycles. The van der Waals surface area contributed by atoms with Crippen LogP contribution in [0, 0.1) is 11.7 Å². The van der Waals surface area contributed by atoms with Crippen LogP contribution in [0.5, 0.6) is 0 Å². The number of anilines is 1. The van der Waals surface area contributed by atoms with Crippen LogP contribution in [-0.2, 0) is 6.54 Å². The zero-order valence-electron chi connectivity index (χ0n) is 14.1. The number of nitrogens with one attached hydrogen (secondary N) is 3. The molecule has 0 aliphatic carbocycles. The molecule has 3 N–H and O–H groups in total. The molecule has 2 unspecified atom stereocenters. The number of nitrogens with zero attached hydrogens (tertiary/aromatic N) is 2. The summed E-state index contributed by atoms with van der Waals surface area (Å²) in [6, 6.07) is 11.0. The van der Waals surface area contributed by atoms with Crippen molar-refractivity contribution in [2.45, 2.75) is 12.6 Å². The number of rotatable bonds is 6. The molecule has 2 heterocycles. The van der Waals surface area contributed by atoms with Crippen molar-refractivity contribution in [2.24, 2.45) is 5.92 Å². The number of hydrogen-bond acceptors (Lipinski definition) is 5. The second-order valence-electron chi connectivity index (χ2n) is 6.27. The summed E-state index contributed by atoms with van der Waals surface area (Å²) < 4.78 is 13.1. The lowest BCUT2D eigenvalue weighted by Gasteiger charge is -2.25. The van der Waals surface area contributed by atoms with Crippen LogP contribution in [-0.4, -0.2) is 37.1 Å². The first-order chi connectivity index (χ1) is 11.7. The Morgan fingerprint density at radius 1 is 1.29 bits per heavy atom. The van der Waals surface area contributed by atoms with Crippen molar-refractivity contribution in [3.63, 3.8) is 0 Å². The third-order valence-corrected chi connectivity index (χ3v) is 4.44. The summed E-state index contributed by atoms with van der Waals surface area (Å²) in [5.41, 5.74) is 8.83. The fraction of sp³-hybridized carbons (Fsp3) is 0.389. The number of halogens is 1. The summed E-state index contributed by atoms with van der Waals surface area (Å²) in [6.07, 6.45) is 1.80. The van der Waals surface area contributed by atoms with Gasteiger partial charge in [0.05, 0.1) is 6.04 Å². The highest BCUT2D eigenvalue weighted by atomic mass is 19.1. The Hall–Kier alpha value is -2.02. The molecule has 1 saturated heterocycles. The van der Waals surface area contributed by atoms with Crippen LogP contribution >= 0.6 is 0 Å². The highest BCUT2D eigenvalue weighted by Gasteiger charge is 2.29. The van der Waals surface area contributed by atoms with Gasteiger partial charge >= 0.3 is 0 Å². The van der Waals surface area contributed by atoms with E-state index in [0.717, 1.165) is 31.0 Å². The van der Waals surface area contributed by atoms with E-state index in [1.165, 1.54) is 17.7 Å². The van der Waals surface area contributed by atoms with Gasteiger partial charge in [0.2, 0.25) is 0 Å². The van der Waals surface area contributed by atoms with Crippen molar-refractivity contribution < 1.29 is 4.39 Å². The van der Waals surface area contributed by atoms with Gasteiger partial charge in [-0.2, -0.15) is 0 Å². The van der Waals surface area contributed by atoms with E-state index in [4.69, 9.17) is 0 Å². The minimum Gasteiger partial charge on any atom is -0.373 e. The average Bonchev–Trinajstić information content (AvgIpc) is 3.04. The average molecular weight is 329 g/mol. The van der Waals surface area contributed by atoms with E-state index in [1.807, 2.05) is 25.2 Å². The van der Waals surface area contributed by atoms with Crippen LogP contribution < -0.4 is 16.2 Å². The molecule has 6 heteroatoms. The number of hydrogen-bond donors (Lipinski definition) is 3. The van der Waals surface area contributed by atoms with Gasteiger partial charge in [-0.3, -0.25) is 5.43 Å². The highest BCUT2D eigenvalue weighted by molar-refractivity contribution is 5.42. The standard InChI is InChI=1S/C18H24FN5/c1-20-18-14(4-3-9-21-18)11-24(2)12-15-10-22-23-17(15)13-5-7-16(19)8-6-13/h3-9,15,17,22-23H,10-12H2,1-2H3,(H,20,21). The molecule has 0 amide bonds. The van der Waals surface area contributed by atoms with E-state index in [-0.39, 0.29) is 11.9 Å². The molecule has 1 fully saturated rings. The summed E-state index contributed by atoms with van der Waals surface area (Å²) in [5.74, 6) is 1.13. The van der Waals surface area contributed by atoms with Crippen molar-refractivity contribution in [2.75, 3.05) is 32.5 Å². The predicted octanol–water partition coefficient (Wildman–Crippen LogP) is 2.16. The molecule has 0 radical (unpaired) electrons. The van der Waals surface area contributed by atoms with Gasteiger partial charge < -0.3 is 10.2 Å². The second-order valence-corrected chi connectivity index (χ2v) is 6.27. The predicted molar refractivity (Wildman–Crippen MR) is 93.9 cm³/mol. The van der Waals surface area contributed by atoms with Crippen molar-refractivity contribution in [1.82, 2.24) is 20.7 Å². The van der Waals surface area contributed by atoms with Crippen LogP contribution in [0.25, 0.3) is 0 Å². The van der Waals surface area contributed by atoms with Crippen molar-refractivity contribution in [3.8, 4) is 0 Å². The van der Waals surface area contributed by atoms with E-state index in [2.05, 4.69) is 39.2 Å². The van der Waals surface area contributed by atoms with Gasteiger partial charge in [0.1, 0.15) is 11.6 Å². The lowest BCUT2D eigenvalue weighted by atomic mass is 9.94. The molecule has 3 rings (SSSR count). The molecular weight excluding hydrogens is 305 g/mol. The monoisotopic (exact) mass is 329 g/mol. The van der Waals surface area contributed by atoms with E-state index < -0.39 is 0 Å². The van der Waals surface area contributed by atoms with Crippen LogP contribution in [0.3, 0.4) is 0 Å². The Bertz CT molecular complexity index is 661. The first kappa shape index (κ1) is 16.8. The maximum Gasteiger partial charge on any atom is 0.130 e. The van der Waals surface area contributed by atoms with Crippen LogP contribution in [0.1, 0.15) is 17.2 Å². The highest BCUT2D eigenvalue weighted by Crippen LogP contribution is 2.26. The van der Waals surface area contributed by atoms with Gasteiger partial charge in [0.25, 0.3) is 0 Å². The zero-order valence-corrected chi connectivity index (χ0v) is 14.1. The molecule has 5 nitrogen and oxygen atoms in total. The third kappa shape index (κ3) is 3.90. The summed E-state index contributed by atoms with van der Waals surface area (Å²) in [7, 11) is 4.01. The quantitative estimate of drug-likeness (QED) is 0.758. The van der Waals surface area contributed by atoms with E-state index >= 15 is 0 Å². The van der Waals surface area contributed by atoms with Gasteiger partial charge in [-0.15, -0.1) is 0 Å². The molecule has 1 aromatic carbocycles. The van der Waals surface area contributed by atoms with Crippen LogP contribution in [0.4, 0.5) is 10.2 Å². The second kappa shape index (κ2) is 7.70. The fourth-order valence-electron chi connectivity index (χ4n) is 3.28. The zero-order chi connectivity index (χ0) is 16.9. The van der Waals surface area contributed by atoms with Crippen LogP contribution in [0.2, 0.25) is 0 Å². The molecule has 128 valence electrons. The summed E-state index contributed by atoms with van der Waals surface area (Å²) in [6.45, 7) is 2.65. The van der Waals surface area contributed by atoms with Crippen molar-refractivity contribution >= 4 is 5.82 Å². The molecule has 1 aliphatic rings. The van der Waals surface area contributed by atoms with Crippen molar-refractivity contribution in [3.05, 3.63) is 59.5 Å². The third-order valence-electron chi connectivity index (χ3n) is 4.44. The van der Waals surface area contributed by atoms with Crippen LogP contribution in [0.15, 0.2) is 42.6 Å². The Kier molecular flexibility index (Phi) is 5.40. The smallest absolute Gasteiger partial charge is 0.130 e. The fourth-order valence-corrected chi connectivity index (χ4v) is 3.28. The van der Waals surface area contributed by atoms with E-state index in [9.17, 15) is 4.39 Å². The van der Waals surface area contributed by atoms with Gasteiger partial charge in [-0.05, 0) is 30.8 Å². The van der Waals surface area contributed by atoms with E-state index in [0.29, 0.717) is 5.92 Å². The lowest BCUT2D eigenvalue weighted by molar-refractivity contribution is 0.262. The SMILES string of the molecule is CNc1ncccc1CN(C)CC1CNNC1c1ccc(F)cc1. The van der Waals surface area contributed by atoms with Gasteiger partial charge in [0.15, 0.2) is 0 Å². The number of aromatic nitrogens is 1. The van der Waals surface area contributed by atoms with Gasteiger partial charge in [-0.1, -0.05) is 18.2 Å². The number of hydrazine groups is 1. The molecule has 24 heavy (non-hydrogen) atoms. The first-order valence-electron chi connectivity index (χ1n) is 8.21. The molecule has 0 spiro atoms. The molecular formula is C18H24FN5. The Morgan fingerprint density at radius 2 is 2.08 bits per heavy atom. The number of pyridine rings is 1.